The Kier molecular flexibility index (Phi) is 3.57. The van der Waals surface area contributed by atoms with Crippen LogP contribution in [0.3, 0.4) is 0 Å². The molecule has 5 nitrogen and oxygen atoms in total. The maximum atomic E-state index is 12.4. The molecule has 5 heteroatoms. The molecule has 0 saturated heterocycles. The highest BCUT2D eigenvalue weighted by Crippen LogP contribution is 2.25. The molecule has 1 amide bonds. The fourth-order valence-corrected chi connectivity index (χ4v) is 2.66. The van der Waals surface area contributed by atoms with Crippen LogP contribution in [0.4, 0.5) is 5.69 Å². The van der Waals surface area contributed by atoms with Gasteiger partial charge in [-0.2, -0.15) is 0 Å². The number of aryl methyl sites for hydroxylation is 1. The second kappa shape index (κ2) is 5.39. The van der Waals surface area contributed by atoms with Gasteiger partial charge in [0.25, 0.3) is 0 Å². The number of hydrogen-bond donors (Lipinski definition) is 2. The summed E-state index contributed by atoms with van der Waals surface area (Å²) in [7, 11) is 0. The molecule has 3 rings (SSSR count). The first-order chi connectivity index (χ1) is 10.1. The van der Waals surface area contributed by atoms with E-state index in [1.165, 1.54) is 0 Å². The van der Waals surface area contributed by atoms with E-state index < -0.39 is 0 Å². The van der Waals surface area contributed by atoms with Crippen LogP contribution in [-0.4, -0.2) is 21.5 Å². The van der Waals surface area contributed by atoms with Gasteiger partial charge in [-0.1, -0.05) is 6.92 Å². The summed E-state index contributed by atoms with van der Waals surface area (Å²) in [4.78, 5) is 17.0. The third-order valence-electron chi connectivity index (χ3n) is 3.95. The smallest absolute Gasteiger partial charge is 0.243 e. The van der Waals surface area contributed by atoms with Crippen molar-refractivity contribution in [2.75, 3.05) is 5.73 Å². The van der Waals surface area contributed by atoms with Crippen LogP contribution in [-0.2, 0) is 11.2 Å². The number of amides is 1. The number of hydrogen-bond acceptors (Lipinski definition) is 3. The minimum atomic E-state index is -0.249. The number of carbonyl (C=O) groups is 1. The minimum absolute atomic E-state index is 0.0750. The molecule has 1 aliphatic carbocycles. The maximum absolute atomic E-state index is 12.4. The molecule has 0 radical (unpaired) electrons. The first-order valence-corrected chi connectivity index (χ1v) is 7.67. The lowest BCUT2D eigenvalue weighted by atomic mass is 10.2. The van der Waals surface area contributed by atoms with Gasteiger partial charge in [0.2, 0.25) is 5.91 Å². The summed E-state index contributed by atoms with van der Waals surface area (Å²) in [6, 6.07) is 5.82. The fraction of sp³-hybridized carbons (Fsp3) is 0.500. The van der Waals surface area contributed by atoms with Crippen LogP contribution in [0.5, 0.6) is 0 Å². The summed E-state index contributed by atoms with van der Waals surface area (Å²) >= 11 is 0. The average molecular weight is 286 g/mol. The molecule has 1 aliphatic rings. The zero-order valence-electron chi connectivity index (χ0n) is 12.6. The molecule has 2 aromatic rings. The lowest BCUT2D eigenvalue weighted by molar-refractivity contribution is -0.124. The number of carbonyl (C=O) groups excluding carboxylic acids is 1. The van der Waals surface area contributed by atoms with Gasteiger partial charge in [0.15, 0.2) is 0 Å². The van der Waals surface area contributed by atoms with Crippen LogP contribution < -0.4 is 11.1 Å². The van der Waals surface area contributed by atoms with Crippen molar-refractivity contribution in [1.29, 1.82) is 0 Å². The molecule has 3 N–H and O–H groups in total. The first-order valence-electron chi connectivity index (χ1n) is 7.67. The summed E-state index contributed by atoms with van der Waals surface area (Å²) in [5.74, 6) is 1.03. The normalized spacial score (nSPS) is 16.1. The van der Waals surface area contributed by atoms with E-state index in [2.05, 4.69) is 21.8 Å². The number of anilines is 1. The molecule has 1 heterocycles. The van der Waals surface area contributed by atoms with E-state index >= 15 is 0 Å². The zero-order chi connectivity index (χ0) is 15.0. The molecular weight excluding hydrogens is 264 g/mol. The van der Waals surface area contributed by atoms with Gasteiger partial charge < -0.3 is 15.6 Å². The summed E-state index contributed by atoms with van der Waals surface area (Å²) < 4.78 is 2.05. The van der Waals surface area contributed by atoms with Crippen LogP contribution in [0.25, 0.3) is 11.0 Å². The molecule has 0 bridgehead atoms. The maximum Gasteiger partial charge on any atom is 0.243 e. The molecule has 1 atom stereocenters. The van der Waals surface area contributed by atoms with E-state index in [9.17, 15) is 4.79 Å². The number of nitrogens with two attached hydrogens (primary N) is 1. The zero-order valence-corrected chi connectivity index (χ0v) is 12.6. The Morgan fingerprint density at radius 3 is 2.95 bits per heavy atom. The Morgan fingerprint density at radius 2 is 2.29 bits per heavy atom. The number of imidazole rings is 1. The van der Waals surface area contributed by atoms with Crippen molar-refractivity contribution in [3.63, 3.8) is 0 Å². The predicted molar refractivity (Wildman–Crippen MR) is 84.0 cm³/mol. The van der Waals surface area contributed by atoms with E-state index in [-0.39, 0.29) is 11.9 Å². The van der Waals surface area contributed by atoms with Crippen molar-refractivity contribution in [2.24, 2.45) is 0 Å². The summed E-state index contributed by atoms with van der Waals surface area (Å²) in [5, 5.41) is 3.08. The topological polar surface area (TPSA) is 72.9 Å². The van der Waals surface area contributed by atoms with Crippen LogP contribution in [0.2, 0.25) is 0 Å². The molecule has 112 valence electrons. The van der Waals surface area contributed by atoms with Crippen molar-refractivity contribution in [1.82, 2.24) is 14.9 Å². The van der Waals surface area contributed by atoms with Crippen molar-refractivity contribution in [2.45, 2.75) is 51.6 Å². The minimum Gasteiger partial charge on any atom is -0.399 e. The molecular formula is C16H22N4O. The van der Waals surface area contributed by atoms with Crippen molar-refractivity contribution < 1.29 is 4.79 Å². The van der Waals surface area contributed by atoms with Crippen LogP contribution in [0.1, 0.15) is 45.0 Å². The highest BCUT2D eigenvalue weighted by atomic mass is 16.2. The predicted octanol–water partition coefficient (Wildman–Crippen LogP) is 2.41. The molecule has 1 saturated carbocycles. The Balaban J connectivity index is 2.00. The second-order valence-corrected chi connectivity index (χ2v) is 5.86. The Morgan fingerprint density at radius 1 is 1.52 bits per heavy atom. The quantitative estimate of drug-likeness (QED) is 0.829. The van der Waals surface area contributed by atoms with Gasteiger partial charge in [0, 0.05) is 18.2 Å². The van der Waals surface area contributed by atoms with Gasteiger partial charge in [-0.25, -0.2) is 4.98 Å². The highest BCUT2D eigenvalue weighted by Gasteiger charge is 2.28. The van der Waals surface area contributed by atoms with Gasteiger partial charge in [0.1, 0.15) is 11.9 Å². The van der Waals surface area contributed by atoms with Crippen molar-refractivity contribution >= 4 is 22.6 Å². The monoisotopic (exact) mass is 286 g/mol. The number of nitrogens with one attached hydrogen (secondary N) is 1. The standard InChI is InChI=1S/C16H22N4O/c1-3-4-15-19-13-9-11(17)5-8-14(13)20(15)10(2)16(21)18-12-6-7-12/h5,8-10,12H,3-4,6-7,17H2,1-2H3,(H,18,21). The van der Waals surface area contributed by atoms with Crippen molar-refractivity contribution in [3.8, 4) is 0 Å². The molecule has 21 heavy (non-hydrogen) atoms. The Hall–Kier alpha value is -2.04. The lowest BCUT2D eigenvalue weighted by Gasteiger charge is -2.17. The molecule has 0 aliphatic heterocycles. The number of rotatable bonds is 5. The molecule has 1 fully saturated rings. The number of aromatic nitrogens is 2. The molecule has 0 spiro atoms. The van der Waals surface area contributed by atoms with Gasteiger partial charge >= 0.3 is 0 Å². The van der Waals surface area contributed by atoms with Gasteiger partial charge in [-0.05, 0) is 44.4 Å². The molecule has 1 aromatic carbocycles. The van der Waals surface area contributed by atoms with E-state index in [1.54, 1.807) is 0 Å². The van der Waals surface area contributed by atoms with Gasteiger partial charge in [-0.15, -0.1) is 0 Å². The SMILES string of the molecule is CCCc1nc2cc(N)ccc2n1C(C)C(=O)NC1CC1. The van der Waals surface area contributed by atoms with Gasteiger partial charge in [0.05, 0.1) is 11.0 Å². The number of nitrogens with zero attached hydrogens (tertiary/aromatic N) is 2. The van der Waals surface area contributed by atoms with E-state index in [1.807, 2.05) is 25.1 Å². The van der Waals surface area contributed by atoms with E-state index in [0.29, 0.717) is 11.7 Å². The Bertz CT molecular complexity index is 672. The average Bonchev–Trinajstić information content (AvgIpc) is 3.18. The van der Waals surface area contributed by atoms with E-state index in [0.717, 1.165) is 42.5 Å². The second-order valence-electron chi connectivity index (χ2n) is 5.86. The highest BCUT2D eigenvalue weighted by molar-refractivity contribution is 5.85. The van der Waals surface area contributed by atoms with Crippen LogP contribution in [0, 0.1) is 0 Å². The first kappa shape index (κ1) is 13.9. The number of benzene rings is 1. The third kappa shape index (κ3) is 2.73. The third-order valence-corrected chi connectivity index (χ3v) is 3.95. The number of fused-ring (bicyclic) bond motifs is 1. The van der Waals surface area contributed by atoms with Crippen LogP contribution in [0.15, 0.2) is 18.2 Å². The summed E-state index contributed by atoms with van der Waals surface area (Å²) in [6.45, 7) is 4.06. The van der Waals surface area contributed by atoms with Gasteiger partial charge in [-0.3, -0.25) is 4.79 Å². The number of nitrogen functional groups attached to an aromatic ring is 1. The molecule has 1 unspecified atom stereocenters. The van der Waals surface area contributed by atoms with Crippen molar-refractivity contribution in [3.05, 3.63) is 24.0 Å². The van der Waals surface area contributed by atoms with Crippen LogP contribution >= 0.6 is 0 Å². The molecule has 1 aromatic heterocycles. The van der Waals surface area contributed by atoms with E-state index in [4.69, 9.17) is 5.73 Å². The largest absolute Gasteiger partial charge is 0.399 e. The summed E-state index contributed by atoms with van der Waals surface area (Å²) in [5.41, 5.74) is 8.38. The lowest BCUT2D eigenvalue weighted by Crippen LogP contribution is -2.33. The summed E-state index contributed by atoms with van der Waals surface area (Å²) in [6.07, 6.45) is 4.05. The Labute approximate surface area is 124 Å². The fourth-order valence-electron chi connectivity index (χ4n) is 2.66.